The summed E-state index contributed by atoms with van der Waals surface area (Å²) in [5.74, 6) is -0.774. The highest BCUT2D eigenvalue weighted by Crippen LogP contribution is 2.36. The Balaban J connectivity index is 2.99. The molecule has 0 spiro atoms. The Bertz CT molecular complexity index is 740. The van der Waals surface area contributed by atoms with Gasteiger partial charge in [-0.3, -0.25) is 0 Å². The van der Waals surface area contributed by atoms with Crippen LogP contribution in [0.3, 0.4) is 0 Å². The van der Waals surface area contributed by atoms with Gasteiger partial charge in [-0.25, -0.2) is 9.59 Å². The topological polar surface area (TPSA) is 76.7 Å². The van der Waals surface area contributed by atoms with Gasteiger partial charge in [0.15, 0.2) is 6.04 Å². The summed E-state index contributed by atoms with van der Waals surface area (Å²) in [6.45, 7) is 9.98. The SMILES string of the molecule is CC(C)(C)OCC(NC(=O)Nc1ccc(Cl)cc1C(F)(F)F)C(=O)OC(C)(C)C. The number of ether oxygens (including phenoxy) is 2. The van der Waals surface area contributed by atoms with Gasteiger partial charge in [-0.05, 0) is 59.7 Å². The predicted octanol–water partition coefficient (Wildman–Crippen LogP) is 5.01. The van der Waals surface area contributed by atoms with Gasteiger partial charge in [0.2, 0.25) is 0 Å². The van der Waals surface area contributed by atoms with Crippen molar-refractivity contribution in [2.45, 2.75) is 65.0 Å². The molecule has 0 aliphatic heterocycles. The van der Waals surface area contributed by atoms with E-state index in [2.05, 4.69) is 10.6 Å². The lowest BCUT2D eigenvalue weighted by atomic mass is 10.1. The number of amides is 2. The molecule has 6 nitrogen and oxygen atoms in total. The van der Waals surface area contributed by atoms with Gasteiger partial charge < -0.3 is 20.1 Å². The molecule has 2 amide bonds. The normalized spacial score (nSPS) is 13.6. The highest BCUT2D eigenvalue weighted by molar-refractivity contribution is 6.30. The van der Waals surface area contributed by atoms with Crippen LogP contribution in [0.2, 0.25) is 5.02 Å². The summed E-state index contributed by atoms with van der Waals surface area (Å²) in [7, 11) is 0. The fourth-order valence-corrected chi connectivity index (χ4v) is 2.22. The first-order chi connectivity index (χ1) is 13.0. The van der Waals surface area contributed by atoms with E-state index < -0.39 is 46.7 Å². The third kappa shape index (κ3) is 9.36. The van der Waals surface area contributed by atoms with Gasteiger partial charge in [0, 0.05) is 5.02 Å². The van der Waals surface area contributed by atoms with Crippen molar-refractivity contribution in [3.05, 3.63) is 28.8 Å². The fourth-order valence-electron chi connectivity index (χ4n) is 2.05. The number of urea groups is 1. The van der Waals surface area contributed by atoms with Gasteiger partial charge in [0.05, 0.1) is 23.5 Å². The number of hydrogen-bond donors (Lipinski definition) is 2. The van der Waals surface area contributed by atoms with Crippen LogP contribution in [0, 0.1) is 0 Å². The van der Waals surface area contributed by atoms with Crippen LogP contribution >= 0.6 is 11.6 Å². The molecule has 0 heterocycles. The summed E-state index contributed by atoms with van der Waals surface area (Å²) < 4.78 is 50.3. The summed E-state index contributed by atoms with van der Waals surface area (Å²) >= 11 is 5.62. The molecule has 1 aromatic rings. The summed E-state index contributed by atoms with van der Waals surface area (Å²) in [6.07, 6.45) is -4.73. The lowest BCUT2D eigenvalue weighted by Gasteiger charge is -2.27. The third-order valence-electron chi connectivity index (χ3n) is 3.21. The molecule has 2 N–H and O–H groups in total. The summed E-state index contributed by atoms with van der Waals surface area (Å²) in [6, 6.07) is 0.686. The molecule has 0 saturated heterocycles. The number of anilines is 1. The minimum atomic E-state index is -4.73. The second-order valence-corrected chi connectivity index (χ2v) is 8.73. The van der Waals surface area contributed by atoms with Gasteiger partial charge in [-0.15, -0.1) is 0 Å². The zero-order valence-electron chi connectivity index (χ0n) is 17.2. The summed E-state index contributed by atoms with van der Waals surface area (Å²) in [5.41, 5.74) is -3.05. The van der Waals surface area contributed by atoms with E-state index >= 15 is 0 Å². The molecule has 1 rings (SSSR count). The van der Waals surface area contributed by atoms with Crippen LogP contribution in [0.4, 0.5) is 23.7 Å². The molecular formula is C19H26ClF3N2O4. The van der Waals surface area contributed by atoms with Crippen molar-refractivity contribution in [3.8, 4) is 0 Å². The van der Waals surface area contributed by atoms with Crippen molar-refractivity contribution < 1.29 is 32.2 Å². The summed E-state index contributed by atoms with van der Waals surface area (Å²) in [5, 5.41) is 4.27. The Morgan fingerprint density at radius 2 is 1.66 bits per heavy atom. The van der Waals surface area contributed by atoms with E-state index in [9.17, 15) is 22.8 Å². The van der Waals surface area contributed by atoms with Crippen LogP contribution in [0.5, 0.6) is 0 Å². The highest BCUT2D eigenvalue weighted by Gasteiger charge is 2.35. The highest BCUT2D eigenvalue weighted by atomic mass is 35.5. The number of nitrogens with one attached hydrogen (secondary N) is 2. The molecule has 0 aliphatic rings. The van der Waals surface area contributed by atoms with Crippen LogP contribution in [0.15, 0.2) is 18.2 Å². The van der Waals surface area contributed by atoms with Gasteiger partial charge >= 0.3 is 18.2 Å². The maximum atomic E-state index is 13.2. The van der Waals surface area contributed by atoms with Crippen molar-refractivity contribution >= 4 is 29.3 Å². The van der Waals surface area contributed by atoms with E-state index in [1.807, 2.05) is 0 Å². The zero-order valence-corrected chi connectivity index (χ0v) is 17.9. The number of halogens is 4. The molecule has 10 heteroatoms. The van der Waals surface area contributed by atoms with Gasteiger partial charge in [0.1, 0.15) is 5.60 Å². The maximum absolute atomic E-state index is 13.2. The Labute approximate surface area is 173 Å². The van der Waals surface area contributed by atoms with Crippen LogP contribution < -0.4 is 10.6 Å². The lowest BCUT2D eigenvalue weighted by molar-refractivity contribution is -0.160. The van der Waals surface area contributed by atoms with Crippen molar-refractivity contribution in [3.63, 3.8) is 0 Å². The van der Waals surface area contributed by atoms with E-state index in [1.54, 1.807) is 41.5 Å². The van der Waals surface area contributed by atoms with Crippen molar-refractivity contribution in [1.29, 1.82) is 0 Å². The molecule has 1 atom stereocenters. The van der Waals surface area contributed by atoms with Crippen molar-refractivity contribution in [2.75, 3.05) is 11.9 Å². The standard InChI is InChI=1S/C19H26ClF3N2O4/c1-17(2,3)28-10-14(15(26)29-18(4,5)6)25-16(27)24-13-8-7-11(20)9-12(13)19(21,22)23/h7-9,14H,10H2,1-6H3,(H2,24,25,27). The van der Waals surface area contributed by atoms with Crippen molar-refractivity contribution in [2.24, 2.45) is 0 Å². The van der Waals surface area contributed by atoms with E-state index in [-0.39, 0.29) is 11.6 Å². The smallest absolute Gasteiger partial charge is 0.418 e. The van der Waals surface area contributed by atoms with Crippen LogP contribution in [-0.2, 0) is 20.4 Å². The Kier molecular flexibility index (Phi) is 7.95. The number of rotatable bonds is 5. The zero-order chi connectivity index (χ0) is 22.6. The first-order valence-corrected chi connectivity index (χ1v) is 9.17. The van der Waals surface area contributed by atoms with Gasteiger partial charge in [-0.1, -0.05) is 11.6 Å². The first-order valence-electron chi connectivity index (χ1n) is 8.79. The average Bonchev–Trinajstić information content (AvgIpc) is 2.49. The monoisotopic (exact) mass is 438 g/mol. The second-order valence-electron chi connectivity index (χ2n) is 8.30. The van der Waals surface area contributed by atoms with E-state index in [0.29, 0.717) is 6.07 Å². The Morgan fingerprint density at radius 3 is 2.14 bits per heavy atom. The number of carbonyl (C=O) groups excluding carboxylic acids is 2. The second kappa shape index (κ2) is 9.21. The minimum absolute atomic E-state index is 0.131. The molecule has 0 aromatic heterocycles. The van der Waals surface area contributed by atoms with Crippen LogP contribution in [-0.4, -0.2) is 35.9 Å². The molecule has 1 unspecified atom stereocenters. The maximum Gasteiger partial charge on any atom is 0.418 e. The van der Waals surface area contributed by atoms with E-state index in [0.717, 1.165) is 6.07 Å². The molecule has 0 radical (unpaired) electrons. The van der Waals surface area contributed by atoms with E-state index in [1.165, 1.54) is 6.07 Å². The molecule has 29 heavy (non-hydrogen) atoms. The summed E-state index contributed by atoms with van der Waals surface area (Å²) in [4.78, 5) is 24.7. The van der Waals surface area contributed by atoms with Gasteiger partial charge in [0.25, 0.3) is 0 Å². The largest absolute Gasteiger partial charge is 0.458 e. The molecule has 164 valence electrons. The Hall–Kier alpha value is -2.00. The molecule has 1 aromatic carbocycles. The molecule has 0 saturated carbocycles. The number of hydrogen-bond acceptors (Lipinski definition) is 4. The third-order valence-corrected chi connectivity index (χ3v) is 3.45. The van der Waals surface area contributed by atoms with Crippen LogP contribution in [0.25, 0.3) is 0 Å². The molecule has 0 fully saturated rings. The van der Waals surface area contributed by atoms with Crippen molar-refractivity contribution in [1.82, 2.24) is 5.32 Å². The number of esters is 1. The number of carbonyl (C=O) groups is 2. The molecular weight excluding hydrogens is 413 g/mol. The van der Waals surface area contributed by atoms with Crippen LogP contribution in [0.1, 0.15) is 47.1 Å². The molecule has 0 aliphatic carbocycles. The quantitative estimate of drug-likeness (QED) is 0.634. The predicted molar refractivity (Wildman–Crippen MR) is 104 cm³/mol. The number of alkyl halides is 3. The first kappa shape index (κ1) is 25.0. The average molecular weight is 439 g/mol. The van der Waals surface area contributed by atoms with Gasteiger partial charge in [-0.2, -0.15) is 13.2 Å². The minimum Gasteiger partial charge on any atom is -0.458 e. The van der Waals surface area contributed by atoms with E-state index in [4.69, 9.17) is 21.1 Å². The Morgan fingerprint density at radius 1 is 1.07 bits per heavy atom. The lowest BCUT2D eigenvalue weighted by Crippen LogP contribution is -2.49. The molecule has 0 bridgehead atoms. The fraction of sp³-hybridized carbons (Fsp3) is 0.579. The number of benzene rings is 1.